The fraction of sp³-hybridized carbons (Fsp3) is 0.200. The largest absolute Gasteiger partial charge is 0.443 e. The molecule has 0 aromatic heterocycles. The second-order valence-corrected chi connectivity index (χ2v) is 7.44. The monoisotopic (exact) mass is 391 g/mol. The van der Waals surface area contributed by atoms with E-state index < -0.39 is 29.2 Å². The van der Waals surface area contributed by atoms with Gasteiger partial charge in [0.25, 0.3) is 5.91 Å². The maximum atomic E-state index is 14.0. The fourth-order valence-electron chi connectivity index (χ4n) is 2.67. The van der Waals surface area contributed by atoms with E-state index in [9.17, 15) is 18.4 Å². The molecule has 27 heavy (non-hydrogen) atoms. The van der Waals surface area contributed by atoms with Gasteiger partial charge < -0.3 is 4.74 Å². The van der Waals surface area contributed by atoms with Crippen LogP contribution in [0.5, 0.6) is 0 Å². The van der Waals surface area contributed by atoms with Gasteiger partial charge in [0.05, 0.1) is 11.3 Å². The van der Waals surface area contributed by atoms with Crippen molar-refractivity contribution in [2.24, 2.45) is 0 Å². The van der Waals surface area contributed by atoms with Gasteiger partial charge in [-0.2, -0.15) is 0 Å². The number of rotatable bonds is 1. The molecule has 0 atom stereocenters. The molecule has 0 bridgehead atoms. The van der Waals surface area contributed by atoms with Crippen molar-refractivity contribution in [2.75, 3.05) is 4.90 Å². The van der Waals surface area contributed by atoms with Gasteiger partial charge in [-0.3, -0.25) is 4.79 Å². The van der Waals surface area contributed by atoms with E-state index in [1.807, 2.05) is 0 Å². The highest BCUT2D eigenvalue weighted by Crippen LogP contribution is 2.40. The normalized spacial score (nSPS) is 15.3. The van der Waals surface area contributed by atoms with Crippen LogP contribution >= 0.6 is 11.6 Å². The van der Waals surface area contributed by atoms with E-state index in [4.69, 9.17) is 16.3 Å². The number of anilines is 1. The van der Waals surface area contributed by atoms with Crippen LogP contribution in [0, 0.1) is 11.6 Å². The van der Waals surface area contributed by atoms with Crippen LogP contribution in [0.15, 0.2) is 36.4 Å². The number of hydrogen-bond donors (Lipinski definition) is 0. The third-order valence-corrected chi connectivity index (χ3v) is 3.99. The number of imide groups is 1. The van der Waals surface area contributed by atoms with E-state index in [2.05, 4.69) is 0 Å². The molecular formula is C20H16ClF2NO3. The quantitative estimate of drug-likeness (QED) is 0.608. The summed E-state index contributed by atoms with van der Waals surface area (Å²) >= 11 is 6.01. The molecule has 0 saturated heterocycles. The molecule has 1 heterocycles. The van der Waals surface area contributed by atoms with Gasteiger partial charge in [-0.15, -0.1) is 0 Å². The highest BCUT2D eigenvalue weighted by molar-refractivity contribution is 6.42. The molecule has 2 aromatic carbocycles. The number of hydrogen-bond acceptors (Lipinski definition) is 3. The minimum absolute atomic E-state index is 0.0389. The first-order valence-corrected chi connectivity index (χ1v) is 8.49. The number of ether oxygens (including phenoxy) is 1. The summed E-state index contributed by atoms with van der Waals surface area (Å²) in [6.07, 6.45) is 0.330. The average molecular weight is 392 g/mol. The van der Waals surface area contributed by atoms with Crippen LogP contribution in [0.3, 0.4) is 0 Å². The van der Waals surface area contributed by atoms with Gasteiger partial charge in [-0.1, -0.05) is 17.7 Å². The summed E-state index contributed by atoms with van der Waals surface area (Å²) in [5.41, 5.74) is -0.289. The zero-order valence-corrected chi connectivity index (χ0v) is 15.6. The Hall–Kier alpha value is -2.73. The molecule has 0 fully saturated rings. The summed E-state index contributed by atoms with van der Waals surface area (Å²) < 4.78 is 32.8. The topological polar surface area (TPSA) is 46.6 Å². The fourth-order valence-corrected chi connectivity index (χ4v) is 2.84. The average Bonchev–Trinajstić information content (AvgIpc) is 2.80. The van der Waals surface area contributed by atoms with Crippen molar-refractivity contribution in [3.8, 4) is 0 Å². The van der Waals surface area contributed by atoms with Gasteiger partial charge in [0.2, 0.25) is 0 Å². The third-order valence-electron chi connectivity index (χ3n) is 3.76. The van der Waals surface area contributed by atoms with E-state index >= 15 is 0 Å². The Morgan fingerprint density at radius 2 is 1.85 bits per heavy atom. The van der Waals surface area contributed by atoms with E-state index in [0.29, 0.717) is 10.6 Å². The van der Waals surface area contributed by atoms with Crippen LogP contribution in [-0.2, 0) is 9.53 Å². The van der Waals surface area contributed by atoms with Gasteiger partial charge in [0, 0.05) is 16.1 Å². The molecule has 1 aliphatic heterocycles. The lowest BCUT2D eigenvalue weighted by Crippen LogP contribution is -2.38. The van der Waals surface area contributed by atoms with Crippen molar-refractivity contribution in [2.45, 2.75) is 26.4 Å². The van der Waals surface area contributed by atoms with Crippen molar-refractivity contribution in [3.63, 3.8) is 0 Å². The van der Waals surface area contributed by atoms with E-state index in [1.165, 1.54) is 12.1 Å². The second-order valence-electron chi connectivity index (χ2n) is 7.01. The molecule has 7 heteroatoms. The van der Waals surface area contributed by atoms with Crippen molar-refractivity contribution in [1.82, 2.24) is 0 Å². The molecule has 3 rings (SSSR count). The lowest BCUT2D eigenvalue weighted by Gasteiger charge is -2.23. The maximum absolute atomic E-state index is 14.0. The smallest absolute Gasteiger partial charge is 0.422 e. The van der Waals surface area contributed by atoms with Crippen LogP contribution in [-0.4, -0.2) is 17.6 Å². The Balaban J connectivity index is 2.13. The first-order chi connectivity index (χ1) is 12.6. The zero-order chi connectivity index (χ0) is 19.9. The van der Waals surface area contributed by atoms with E-state index in [1.54, 1.807) is 32.9 Å². The summed E-state index contributed by atoms with van der Waals surface area (Å²) in [6, 6.07) is 7.46. The number of benzene rings is 2. The van der Waals surface area contributed by atoms with Gasteiger partial charge in [-0.25, -0.2) is 18.5 Å². The van der Waals surface area contributed by atoms with Crippen LogP contribution in [0.4, 0.5) is 19.3 Å². The summed E-state index contributed by atoms with van der Waals surface area (Å²) in [5, 5.41) is 0.313. The molecule has 0 N–H and O–H groups in total. The van der Waals surface area contributed by atoms with Gasteiger partial charge >= 0.3 is 6.09 Å². The molecule has 2 aromatic rings. The van der Waals surface area contributed by atoms with Crippen molar-refractivity contribution >= 4 is 40.9 Å². The SMILES string of the molecule is CC(C)(C)OC(=O)N1C(=O)/C(=C/c2cc(F)ccc2F)c2ccc(Cl)cc21. The number of fused-ring (bicyclic) bond motifs is 1. The van der Waals surface area contributed by atoms with Crippen LogP contribution < -0.4 is 4.90 Å². The molecule has 0 spiro atoms. The Morgan fingerprint density at radius 3 is 2.52 bits per heavy atom. The lowest BCUT2D eigenvalue weighted by molar-refractivity contribution is -0.112. The van der Waals surface area contributed by atoms with E-state index in [0.717, 1.165) is 23.1 Å². The molecule has 0 saturated carbocycles. The number of carbonyl (C=O) groups is 2. The van der Waals surface area contributed by atoms with Crippen LogP contribution in [0.2, 0.25) is 5.02 Å². The highest BCUT2D eigenvalue weighted by Gasteiger charge is 2.39. The summed E-state index contributed by atoms with van der Waals surface area (Å²) in [4.78, 5) is 26.3. The van der Waals surface area contributed by atoms with Crippen molar-refractivity contribution < 1.29 is 23.1 Å². The zero-order valence-electron chi connectivity index (χ0n) is 14.8. The van der Waals surface area contributed by atoms with Crippen LogP contribution in [0.25, 0.3) is 11.6 Å². The number of nitrogens with zero attached hydrogens (tertiary/aromatic N) is 1. The van der Waals surface area contributed by atoms with Gasteiger partial charge in [-0.05, 0) is 57.2 Å². The molecule has 4 nitrogen and oxygen atoms in total. The van der Waals surface area contributed by atoms with Crippen molar-refractivity contribution in [3.05, 3.63) is 64.2 Å². The van der Waals surface area contributed by atoms with Gasteiger partial charge in [0.1, 0.15) is 17.2 Å². The summed E-state index contributed by atoms with van der Waals surface area (Å²) in [6.45, 7) is 5.01. The molecule has 140 valence electrons. The Morgan fingerprint density at radius 1 is 1.15 bits per heavy atom. The Kier molecular flexibility index (Phi) is 4.78. The Bertz CT molecular complexity index is 980. The van der Waals surface area contributed by atoms with Crippen molar-refractivity contribution in [1.29, 1.82) is 0 Å². The standard InChI is InChI=1S/C20H16ClF2NO3/c1-20(2,3)27-19(26)24-17-10-12(21)4-6-14(17)15(18(24)25)9-11-8-13(22)5-7-16(11)23/h4-10H,1-3H3/b15-9+. The van der Waals surface area contributed by atoms with E-state index in [-0.39, 0.29) is 16.8 Å². The minimum Gasteiger partial charge on any atom is -0.443 e. The summed E-state index contributed by atoms with van der Waals surface area (Å²) in [5.74, 6) is -2.04. The number of halogens is 3. The highest BCUT2D eigenvalue weighted by atomic mass is 35.5. The number of amides is 2. The maximum Gasteiger partial charge on any atom is 0.422 e. The first-order valence-electron chi connectivity index (χ1n) is 8.11. The predicted molar refractivity (Wildman–Crippen MR) is 99.4 cm³/mol. The third kappa shape index (κ3) is 3.85. The Labute approximate surface area is 160 Å². The second kappa shape index (κ2) is 6.78. The molecule has 0 aliphatic carbocycles. The molecule has 0 unspecified atom stereocenters. The number of carbonyl (C=O) groups excluding carboxylic acids is 2. The molecule has 2 amide bonds. The predicted octanol–water partition coefficient (Wildman–Crippen LogP) is 5.44. The minimum atomic E-state index is -0.876. The lowest BCUT2D eigenvalue weighted by atomic mass is 10.0. The molecule has 0 radical (unpaired) electrons. The molecular weight excluding hydrogens is 376 g/mol. The molecule has 1 aliphatic rings. The first kappa shape index (κ1) is 19.0. The van der Waals surface area contributed by atoms with Crippen LogP contribution in [0.1, 0.15) is 31.9 Å². The van der Waals surface area contributed by atoms with Gasteiger partial charge in [0.15, 0.2) is 0 Å². The summed E-state index contributed by atoms with van der Waals surface area (Å²) in [7, 11) is 0.